The van der Waals surface area contributed by atoms with E-state index in [-0.39, 0.29) is 24.3 Å². The smallest absolute Gasteiger partial charge is 0.478 e. The van der Waals surface area contributed by atoms with E-state index in [4.69, 9.17) is 10.2 Å². The van der Waals surface area contributed by atoms with Crippen LogP contribution in [0.1, 0.15) is 41.4 Å². The second kappa shape index (κ2) is 9.28. The van der Waals surface area contributed by atoms with E-state index in [1.807, 2.05) is 0 Å². The predicted molar refractivity (Wildman–Crippen MR) is 106 cm³/mol. The predicted octanol–water partition coefficient (Wildman–Crippen LogP) is 2.73. The van der Waals surface area contributed by atoms with E-state index in [0.717, 1.165) is 0 Å². The summed E-state index contributed by atoms with van der Waals surface area (Å²) in [5.74, 6) is -10.0. The molecule has 0 spiro atoms. The third-order valence-electron chi connectivity index (χ3n) is 4.64. The number of aromatic carboxylic acids is 4. The van der Waals surface area contributed by atoms with Gasteiger partial charge in [-0.15, -0.1) is 0 Å². The highest BCUT2D eigenvalue weighted by atomic mass is 32.2. The molecule has 0 heterocycles. The molecule has 2 aromatic rings. The number of carboxylic acids is 4. The van der Waals surface area contributed by atoms with Crippen LogP contribution in [0.4, 0.5) is 26.3 Å². The van der Waals surface area contributed by atoms with Crippen molar-refractivity contribution in [3.63, 3.8) is 0 Å². The second-order valence-corrected chi connectivity index (χ2v) is 10.6. The number of benzene rings is 2. The molecule has 2 rings (SSSR count). The van der Waals surface area contributed by atoms with Crippen LogP contribution in [-0.2, 0) is 19.7 Å². The Bertz CT molecular complexity index is 1500. The minimum atomic E-state index is -7.03. The van der Waals surface area contributed by atoms with Crippen molar-refractivity contribution >= 4 is 43.6 Å². The fourth-order valence-electron chi connectivity index (χ4n) is 3.16. The lowest BCUT2D eigenvalue weighted by atomic mass is 9.95. The zero-order chi connectivity index (χ0) is 29.8. The van der Waals surface area contributed by atoms with Crippen LogP contribution in [0, 0.1) is 0 Å². The number of alkyl halides is 6. The van der Waals surface area contributed by atoms with Gasteiger partial charge < -0.3 is 20.4 Å². The molecule has 0 aromatic heterocycles. The average molecular weight is 594 g/mol. The molecular weight excluding hydrogens is 586 g/mol. The van der Waals surface area contributed by atoms with E-state index in [1.165, 1.54) is 0 Å². The monoisotopic (exact) mass is 594 g/mol. The molecule has 12 nitrogen and oxygen atoms in total. The summed E-state index contributed by atoms with van der Waals surface area (Å²) in [7, 11) is -14.1. The minimum absolute atomic E-state index is 0.00862. The summed E-state index contributed by atoms with van der Waals surface area (Å²) < 4.78 is 130. The van der Waals surface area contributed by atoms with Gasteiger partial charge in [0.1, 0.15) is 0 Å². The quantitative estimate of drug-likeness (QED) is 0.340. The third kappa shape index (κ3) is 4.74. The van der Waals surface area contributed by atoms with Crippen LogP contribution in [0.2, 0.25) is 0 Å². The van der Waals surface area contributed by atoms with Crippen LogP contribution in [0.15, 0.2) is 34.1 Å². The molecule has 0 bridgehead atoms. The molecule has 0 fully saturated rings. The van der Waals surface area contributed by atoms with Crippen molar-refractivity contribution in [3.05, 3.63) is 46.5 Å². The van der Waals surface area contributed by atoms with Gasteiger partial charge in [0.2, 0.25) is 0 Å². The summed E-state index contributed by atoms with van der Waals surface area (Å²) in [5, 5.41) is 37.0. The van der Waals surface area contributed by atoms with Gasteiger partial charge in [0.25, 0.3) is 19.7 Å². The maximum Gasteiger partial charge on any atom is 0.501 e. The highest BCUT2D eigenvalue weighted by Gasteiger charge is 2.53. The second-order valence-electron chi connectivity index (χ2n) is 6.85. The fourth-order valence-corrected chi connectivity index (χ4v) is 5.49. The Balaban J connectivity index is 3.47. The zero-order valence-corrected chi connectivity index (χ0v) is 19.1. The number of hydrogen-bond acceptors (Lipinski definition) is 8. The average Bonchev–Trinajstić information content (AvgIpc) is 2.74. The Morgan fingerprint density at radius 1 is 0.526 bits per heavy atom. The van der Waals surface area contributed by atoms with Gasteiger partial charge >= 0.3 is 34.9 Å². The molecule has 4 N–H and O–H groups in total. The number of carboxylic acid groups (broad SMARTS) is 4. The molecule has 0 aliphatic rings. The van der Waals surface area contributed by atoms with Gasteiger partial charge in [-0.1, -0.05) is 12.1 Å². The van der Waals surface area contributed by atoms with Gasteiger partial charge in [-0.3, -0.25) is 0 Å². The maximum atomic E-state index is 13.5. The van der Waals surface area contributed by atoms with E-state index in [9.17, 15) is 72.6 Å². The molecule has 206 valence electrons. The van der Waals surface area contributed by atoms with Gasteiger partial charge in [-0.05, 0) is 12.1 Å². The standard InChI is InChI=1S/C18H8F6O12S2/c19-17(20,21)37(33,34)11-5(1-3-7(13(25)26)9(11)15(29)30)6-2-4-8(14(27)28)10(16(31)32)12(6)38(35,36)18(22,23)24/h1-4H,(H,25,26)(H,27,28)(H,29,30)(H,31,32). The van der Waals surface area contributed by atoms with Crippen LogP contribution < -0.4 is 0 Å². The molecular formula is C18H8F6O12S2. The molecule has 0 aliphatic heterocycles. The Morgan fingerprint density at radius 2 is 0.789 bits per heavy atom. The van der Waals surface area contributed by atoms with Crippen molar-refractivity contribution in [2.24, 2.45) is 0 Å². The molecule has 20 heteroatoms. The van der Waals surface area contributed by atoms with Crippen LogP contribution in [0.5, 0.6) is 0 Å². The molecule has 0 unspecified atom stereocenters. The topological polar surface area (TPSA) is 217 Å². The minimum Gasteiger partial charge on any atom is -0.478 e. The summed E-state index contributed by atoms with van der Waals surface area (Å²) in [4.78, 5) is 41.1. The Morgan fingerprint density at radius 3 is 0.974 bits per heavy atom. The molecule has 0 amide bonds. The lowest BCUT2D eigenvalue weighted by molar-refractivity contribution is -0.0443. The van der Waals surface area contributed by atoms with Gasteiger partial charge in [-0.2, -0.15) is 26.3 Å². The van der Waals surface area contributed by atoms with Crippen molar-refractivity contribution in [2.75, 3.05) is 0 Å². The summed E-state index contributed by atoms with van der Waals surface area (Å²) >= 11 is 0. The van der Waals surface area contributed by atoms with Crippen molar-refractivity contribution < 1.29 is 82.8 Å². The maximum absolute atomic E-state index is 13.5. The zero-order valence-electron chi connectivity index (χ0n) is 17.4. The lowest BCUT2D eigenvalue weighted by Gasteiger charge is -2.21. The molecule has 0 aliphatic carbocycles. The first-order valence-electron chi connectivity index (χ1n) is 8.90. The van der Waals surface area contributed by atoms with Gasteiger partial charge in [0.15, 0.2) is 0 Å². The molecule has 0 saturated heterocycles. The van der Waals surface area contributed by atoms with Crippen LogP contribution in [0.3, 0.4) is 0 Å². The fraction of sp³-hybridized carbons (Fsp3) is 0.111. The van der Waals surface area contributed by atoms with Crippen molar-refractivity contribution in [3.8, 4) is 11.1 Å². The Kier molecular flexibility index (Phi) is 7.33. The summed E-state index contributed by atoms with van der Waals surface area (Å²) in [6, 6.07) is 0.189. The number of rotatable bonds is 7. The van der Waals surface area contributed by atoms with Crippen LogP contribution >= 0.6 is 0 Å². The summed E-state index contributed by atoms with van der Waals surface area (Å²) in [6.07, 6.45) is 0. The summed E-state index contributed by atoms with van der Waals surface area (Å²) in [5.41, 5.74) is -24.2. The SMILES string of the molecule is O=C(O)c1ccc(-c2ccc(C(=O)O)c(C(=O)O)c2S(=O)(=O)C(F)(F)F)c(S(=O)(=O)C(F)(F)F)c1C(=O)O. The van der Waals surface area contributed by atoms with E-state index in [2.05, 4.69) is 0 Å². The van der Waals surface area contributed by atoms with Gasteiger partial charge in [0.05, 0.1) is 32.0 Å². The highest BCUT2D eigenvalue weighted by molar-refractivity contribution is 7.93. The van der Waals surface area contributed by atoms with Crippen LogP contribution in [0.25, 0.3) is 11.1 Å². The van der Waals surface area contributed by atoms with Gasteiger partial charge in [0, 0.05) is 11.1 Å². The highest BCUT2D eigenvalue weighted by Crippen LogP contribution is 2.45. The van der Waals surface area contributed by atoms with E-state index in [1.54, 1.807) is 0 Å². The van der Waals surface area contributed by atoms with Gasteiger partial charge in [-0.25, -0.2) is 36.0 Å². The van der Waals surface area contributed by atoms with Crippen molar-refractivity contribution in [2.45, 2.75) is 20.8 Å². The van der Waals surface area contributed by atoms with E-state index < -0.39 is 97.7 Å². The number of carbonyl (C=O) groups is 4. The number of halogens is 6. The van der Waals surface area contributed by atoms with Crippen molar-refractivity contribution in [1.29, 1.82) is 0 Å². The molecule has 0 radical (unpaired) electrons. The molecule has 0 saturated carbocycles. The first-order valence-corrected chi connectivity index (χ1v) is 11.9. The Labute approximate surface area is 205 Å². The Hall–Kier alpha value is -4.20. The molecule has 0 atom stereocenters. The number of sulfone groups is 2. The molecule has 38 heavy (non-hydrogen) atoms. The number of hydrogen-bond donors (Lipinski definition) is 4. The van der Waals surface area contributed by atoms with Crippen molar-refractivity contribution in [1.82, 2.24) is 0 Å². The van der Waals surface area contributed by atoms with E-state index >= 15 is 0 Å². The molecule has 2 aromatic carbocycles. The summed E-state index contributed by atoms with van der Waals surface area (Å²) in [6.45, 7) is 0. The van der Waals surface area contributed by atoms with E-state index in [0.29, 0.717) is 0 Å². The normalized spacial score (nSPS) is 12.7. The lowest BCUT2D eigenvalue weighted by Crippen LogP contribution is -2.29. The first kappa shape index (κ1) is 30.0. The van der Waals surface area contributed by atoms with Crippen LogP contribution in [-0.4, -0.2) is 72.2 Å². The largest absolute Gasteiger partial charge is 0.501 e. The first-order chi connectivity index (χ1) is 17.0. The third-order valence-corrected chi connectivity index (χ3v) is 7.78.